The molecular formula is C10H13O2. The first-order valence-corrected chi connectivity index (χ1v) is 3.86. The highest BCUT2D eigenvalue weighted by molar-refractivity contribution is 5.31. The highest BCUT2D eigenvalue weighted by atomic mass is 16.5. The number of aromatic hydroxyl groups is 1. The van der Waals surface area contributed by atoms with Gasteiger partial charge in [-0.3, -0.25) is 0 Å². The molecule has 0 fully saturated rings. The summed E-state index contributed by atoms with van der Waals surface area (Å²) in [4.78, 5) is 0. The minimum atomic E-state index is -0.234. The van der Waals surface area contributed by atoms with Crippen molar-refractivity contribution >= 4 is 0 Å². The molecule has 0 bridgehead atoms. The van der Waals surface area contributed by atoms with E-state index in [2.05, 4.69) is 6.07 Å². The number of hydrogen-bond donors (Lipinski definition) is 1. The third-order valence-electron chi connectivity index (χ3n) is 1.17. The van der Waals surface area contributed by atoms with Gasteiger partial charge in [-0.25, -0.2) is 0 Å². The average molecular weight is 165 g/mol. The minimum absolute atomic E-state index is 0.178. The molecule has 1 radical (unpaired) electrons. The van der Waals surface area contributed by atoms with Gasteiger partial charge in [0.1, 0.15) is 17.1 Å². The second kappa shape index (κ2) is 3.05. The minimum Gasteiger partial charge on any atom is -0.508 e. The molecule has 12 heavy (non-hydrogen) atoms. The molecule has 0 unspecified atom stereocenters. The molecule has 0 aliphatic carbocycles. The molecule has 0 aliphatic heterocycles. The van der Waals surface area contributed by atoms with Crippen molar-refractivity contribution in [3.8, 4) is 11.5 Å². The fourth-order valence-corrected chi connectivity index (χ4v) is 0.851. The smallest absolute Gasteiger partial charge is 0.124 e. The molecule has 1 N–H and O–H groups in total. The Bertz CT molecular complexity index is 261. The quantitative estimate of drug-likeness (QED) is 0.692. The largest absolute Gasteiger partial charge is 0.508 e. The predicted molar refractivity (Wildman–Crippen MR) is 47.3 cm³/mol. The Hall–Kier alpha value is -1.18. The van der Waals surface area contributed by atoms with E-state index in [1.54, 1.807) is 12.1 Å². The van der Waals surface area contributed by atoms with E-state index < -0.39 is 0 Å². The number of phenols is 1. The lowest BCUT2D eigenvalue weighted by atomic mass is 10.2. The van der Waals surface area contributed by atoms with Crippen LogP contribution in [0.15, 0.2) is 18.2 Å². The monoisotopic (exact) mass is 165 g/mol. The maximum atomic E-state index is 9.10. The van der Waals surface area contributed by atoms with Crippen LogP contribution in [0.1, 0.15) is 20.8 Å². The van der Waals surface area contributed by atoms with Crippen molar-refractivity contribution in [3.05, 3.63) is 24.3 Å². The van der Waals surface area contributed by atoms with Gasteiger partial charge in [-0.15, -0.1) is 0 Å². The normalized spacial score (nSPS) is 11.2. The maximum Gasteiger partial charge on any atom is 0.124 e. The Morgan fingerprint density at radius 1 is 1.33 bits per heavy atom. The second-order valence-corrected chi connectivity index (χ2v) is 3.64. The van der Waals surface area contributed by atoms with Crippen LogP contribution in [-0.2, 0) is 0 Å². The standard InChI is InChI=1S/C10H13O2/c1-10(2,3)12-9-6-4-5-8(11)7-9/h5-7,11H,1-3H3. The van der Waals surface area contributed by atoms with Crippen LogP contribution in [0.4, 0.5) is 0 Å². The van der Waals surface area contributed by atoms with E-state index in [0.29, 0.717) is 5.75 Å². The average Bonchev–Trinajstić information content (AvgIpc) is 1.82. The topological polar surface area (TPSA) is 29.5 Å². The summed E-state index contributed by atoms with van der Waals surface area (Å²) in [7, 11) is 0. The molecule has 0 heterocycles. The van der Waals surface area contributed by atoms with Gasteiger partial charge in [-0.05, 0) is 39.0 Å². The maximum absolute atomic E-state index is 9.10. The summed E-state index contributed by atoms with van der Waals surface area (Å²) in [5.74, 6) is 0.819. The zero-order chi connectivity index (χ0) is 9.19. The molecule has 2 heteroatoms. The van der Waals surface area contributed by atoms with Gasteiger partial charge in [-0.2, -0.15) is 0 Å². The van der Waals surface area contributed by atoms with E-state index in [9.17, 15) is 0 Å². The van der Waals surface area contributed by atoms with Gasteiger partial charge in [-0.1, -0.05) is 0 Å². The highest BCUT2D eigenvalue weighted by Crippen LogP contribution is 2.21. The summed E-state index contributed by atoms with van der Waals surface area (Å²) in [5, 5.41) is 9.10. The van der Waals surface area contributed by atoms with Crippen LogP contribution in [0.3, 0.4) is 0 Å². The summed E-state index contributed by atoms with van der Waals surface area (Å²) in [6.07, 6.45) is 0. The molecular weight excluding hydrogens is 152 g/mol. The molecule has 1 rings (SSSR count). The first-order valence-electron chi connectivity index (χ1n) is 3.86. The van der Waals surface area contributed by atoms with Crippen LogP contribution >= 0.6 is 0 Å². The van der Waals surface area contributed by atoms with Crippen LogP contribution in [0, 0.1) is 6.07 Å². The summed E-state index contributed by atoms with van der Waals surface area (Å²) >= 11 is 0. The Labute approximate surface area is 72.8 Å². The van der Waals surface area contributed by atoms with E-state index >= 15 is 0 Å². The van der Waals surface area contributed by atoms with Gasteiger partial charge in [0.05, 0.1) is 0 Å². The van der Waals surface area contributed by atoms with Crippen molar-refractivity contribution in [1.82, 2.24) is 0 Å². The SMILES string of the molecule is CC(C)(C)Oc1c[c]cc(O)c1. The number of ether oxygens (including phenoxy) is 1. The zero-order valence-electron chi connectivity index (χ0n) is 7.59. The Balaban J connectivity index is 2.77. The molecule has 0 aromatic heterocycles. The van der Waals surface area contributed by atoms with Gasteiger partial charge in [0.15, 0.2) is 0 Å². The molecule has 0 saturated heterocycles. The van der Waals surface area contributed by atoms with E-state index in [0.717, 1.165) is 0 Å². The van der Waals surface area contributed by atoms with Crippen molar-refractivity contribution < 1.29 is 9.84 Å². The molecule has 2 nitrogen and oxygen atoms in total. The van der Waals surface area contributed by atoms with E-state index in [4.69, 9.17) is 9.84 Å². The summed E-state index contributed by atoms with van der Waals surface area (Å²) in [6.45, 7) is 5.87. The van der Waals surface area contributed by atoms with Gasteiger partial charge in [0.25, 0.3) is 0 Å². The second-order valence-electron chi connectivity index (χ2n) is 3.64. The molecule has 0 aliphatic rings. The number of hydrogen-bond acceptors (Lipinski definition) is 2. The highest BCUT2D eigenvalue weighted by Gasteiger charge is 2.11. The van der Waals surface area contributed by atoms with Gasteiger partial charge in [0.2, 0.25) is 0 Å². The molecule has 1 aromatic rings. The lowest BCUT2D eigenvalue weighted by Gasteiger charge is -2.20. The number of benzene rings is 1. The van der Waals surface area contributed by atoms with Crippen LogP contribution < -0.4 is 4.74 Å². The fraction of sp³-hybridized carbons (Fsp3) is 0.400. The lowest BCUT2D eigenvalue weighted by molar-refractivity contribution is 0.130. The third-order valence-corrected chi connectivity index (χ3v) is 1.17. The zero-order valence-corrected chi connectivity index (χ0v) is 7.59. The van der Waals surface area contributed by atoms with Crippen LogP contribution in [0.5, 0.6) is 11.5 Å². The molecule has 0 saturated carbocycles. The lowest BCUT2D eigenvalue weighted by Crippen LogP contribution is -2.22. The van der Waals surface area contributed by atoms with Crippen LogP contribution in [0.25, 0.3) is 0 Å². The Morgan fingerprint density at radius 2 is 2.00 bits per heavy atom. The van der Waals surface area contributed by atoms with Crippen molar-refractivity contribution in [2.75, 3.05) is 0 Å². The van der Waals surface area contributed by atoms with Gasteiger partial charge < -0.3 is 9.84 Å². The Morgan fingerprint density at radius 3 is 2.50 bits per heavy atom. The molecule has 0 spiro atoms. The first-order chi connectivity index (χ1) is 5.47. The van der Waals surface area contributed by atoms with E-state index in [1.165, 1.54) is 6.07 Å². The van der Waals surface area contributed by atoms with Crippen LogP contribution in [0.2, 0.25) is 0 Å². The van der Waals surface area contributed by atoms with Crippen molar-refractivity contribution in [2.45, 2.75) is 26.4 Å². The molecule has 0 amide bonds. The first kappa shape index (κ1) is 8.91. The van der Waals surface area contributed by atoms with E-state index in [1.807, 2.05) is 20.8 Å². The Kier molecular flexibility index (Phi) is 2.27. The van der Waals surface area contributed by atoms with E-state index in [-0.39, 0.29) is 11.4 Å². The van der Waals surface area contributed by atoms with Crippen molar-refractivity contribution in [2.24, 2.45) is 0 Å². The third kappa shape index (κ3) is 2.82. The van der Waals surface area contributed by atoms with Crippen molar-refractivity contribution in [3.63, 3.8) is 0 Å². The summed E-state index contributed by atoms with van der Waals surface area (Å²) in [6, 6.07) is 7.54. The van der Waals surface area contributed by atoms with Crippen LogP contribution in [-0.4, -0.2) is 10.7 Å². The molecule has 0 atom stereocenters. The summed E-state index contributed by atoms with van der Waals surface area (Å²) in [5.41, 5.74) is -0.234. The van der Waals surface area contributed by atoms with Crippen molar-refractivity contribution in [1.29, 1.82) is 0 Å². The number of rotatable bonds is 1. The predicted octanol–water partition coefficient (Wildman–Crippen LogP) is 2.37. The molecule has 65 valence electrons. The van der Waals surface area contributed by atoms with Gasteiger partial charge in [0, 0.05) is 6.07 Å². The number of phenolic OH excluding ortho intramolecular Hbond substituents is 1. The molecule has 1 aromatic carbocycles. The van der Waals surface area contributed by atoms with Gasteiger partial charge >= 0.3 is 0 Å². The fourth-order valence-electron chi connectivity index (χ4n) is 0.851. The summed E-state index contributed by atoms with van der Waals surface area (Å²) < 4.78 is 5.49.